The lowest BCUT2D eigenvalue weighted by Gasteiger charge is -2.38. The minimum atomic E-state index is -1.82. The van der Waals surface area contributed by atoms with Crippen LogP contribution >= 0.6 is 0 Å². The number of aliphatic hydroxyl groups excluding tert-OH is 3. The minimum Gasteiger partial charge on any atom is -0.414 e. The highest BCUT2D eigenvalue weighted by molar-refractivity contribution is 6.74. The molecule has 3 rings (SSSR count). The van der Waals surface area contributed by atoms with Crippen molar-refractivity contribution in [2.24, 2.45) is 35.5 Å². The van der Waals surface area contributed by atoms with E-state index in [2.05, 4.69) is 46.0 Å². The monoisotopic (exact) mass is 524 g/mol. The summed E-state index contributed by atoms with van der Waals surface area (Å²) < 4.78 is 6.84. The highest BCUT2D eigenvalue weighted by Crippen LogP contribution is 2.58. The Morgan fingerprint density at radius 3 is 2.31 bits per heavy atom. The van der Waals surface area contributed by atoms with Crippen molar-refractivity contribution in [1.82, 2.24) is 0 Å². The molecule has 3 aliphatic rings. The van der Waals surface area contributed by atoms with Gasteiger partial charge in [0.05, 0.1) is 17.8 Å². The molecular formula is C30H56O5Si. The van der Waals surface area contributed by atoms with Crippen LogP contribution in [0.5, 0.6) is 0 Å². The van der Waals surface area contributed by atoms with Gasteiger partial charge in [0, 0.05) is 12.7 Å². The predicted molar refractivity (Wildman–Crippen MR) is 149 cm³/mol. The second-order valence-electron chi connectivity index (χ2n) is 14.1. The summed E-state index contributed by atoms with van der Waals surface area (Å²) in [6.45, 7) is 15.5. The summed E-state index contributed by atoms with van der Waals surface area (Å²) in [6.07, 6.45) is 11.5. The van der Waals surface area contributed by atoms with Crippen LogP contribution < -0.4 is 0 Å². The number of fused-ring (bicyclic) bond motifs is 3. The van der Waals surface area contributed by atoms with Gasteiger partial charge < -0.3 is 24.9 Å². The van der Waals surface area contributed by atoms with Gasteiger partial charge in [-0.3, -0.25) is 0 Å². The largest absolute Gasteiger partial charge is 0.414 e. The Morgan fingerprint density at radius 2 is 1.69 bits per heavy atom. The molecule has 0 aromatic heterocycles. The summed E-state index contributed by atoms with van der Waals surface area (Å²) in [6, 6.07) is 0. The zero-order valence-corrected chi connectivity index (χ0v) is 25.1. The van der Waals surface area contributed by atoms with Crippen LogP contribution in [0.2, 0.25) is 18.1 Å². The van der Waals surface area contributed by atoms with Gasteiger partial charge in [0.25, 0.3) is 0 Å². The highest BCUT2D eigenvalue weighted by Gasteiger charge is 2.55. The summed E-state index contributed by atoms with van der Waals surface area (Å²) >= 11 is 0. The highest BCUT2D eigenvalue weighted by atomic mass is 28.4. The molecule has 3 aliphatic carbocycles. The maximum absolute atomic E-state index is 11.5. The van der Waals surface area contributed by atoms with Crippen LogP contribution in [0.1, 0.15) is 92.4 Å². The third-order valence-corrected chi connectivity index (χ3v) is 15.1. The van der Waals surface area contributed by atoms with Crippen molar-refractivity contribution in [1.29, 1.82) is 0 Å². The van der Waals surface area contributed by atoms with Gasteiger partial charge in [-0.2, -0.15) is 0 Å². The van der Waals surface area contributed by atoms with Crippen molar-refractivity contribution in [2.45, 2.75) is 134 Å². The van der Waals surface area contributed by atoms with Gasteiger partial charge in [-0.05, 0) is 106 Å². The van der Waals surface area contributed by atoms with E-state index in [-0.39, 0.29) is 29.6 Å². The fourth-order valence-corrected chi connectivity index (χ4v) is 8.70. The average molecular weight is 525 g/mol. The second-order valence-corrected chi connectivity index (χ2v) is 18.9. The van der Waals surface area contributed by atoms with E-state index in [0.717, 1.165) is 44.9 Å². The van der Waals surface area contributed by atoms with E-state index < -0.39 is 20.0 Å². The van der Waals surface area contributed by atoms with Crippen molar-refractivity contribution in [3.63, 3.8) is 0 Å². The van der Waals surface area contributed by atoms with Crippen LogP contribution in [0.25, 0.3) is 0 Å². The van der Waals surface area contributed by atoms with Crippen LogP contribution in [0.15, 0.2) is 12.2 Å². The summed E-state index contributed by atoms with van der Waals surface area (Å²) in [5.41, 5.74) is -1.16. The van der Waals surface area contributed by atoms with Gasteiger partial charge in [0.2, 0.25) is 0 Å². The molecule has 2 fully saturated rings. The van der Waals surface area contributed by atoms with Crippen LogP contribution in [-0.4, -0.2) is 59.3 Å². The molecule has 0 heterocycles. The Bertz CT molecular complexity index is 729. The number of unbranched alkanes of at least 4 members (excludes halogenated alkanes) is 1. The lowest BCUT2D eigenvalue weighted by molar-refractivity contribution is -0.104. The van der Waals surface area contributed by atoms with Crippen molar-refractivity contribution < 1.29 is 24.9 Å². The number of allylic oxidation sites excluding steroid dienone is 2. The van der Waals surface area contributed by atoms with E-state index in [1.165, 1.54) is 0 Å². The fraction of sp³-hybridized carbons (Fsp3) is 0.933. The van der Waals surface area contributed by atoms with Gasteiger partial charge in [-0.1, -0.05) is 52.7 Å². The first-order valence-corrected chi connectivity index (χ1v) is 17.7. The molecule has 0 spiro atoms. The van der Waals surface area contributed by atoms with Gasteiger partial charge in [0.1, 0.15) is 0 Å². The Morgan fingerprint density at radius 1 is 1.00 bits per heavy atom. The van der Waals surface area contributed by atoms with E-state index in [1.807, 2.05) is 6.92 Å². The molecule has 4 N–H and O–H groups in total. The molecule has 5 nitrogen and oxygen atoms in total. The van der Waals surface area contributed by atoms with E-state index >= 15 is 0 Å². The molecule has 0 aromatic carbocycles. The Kier molecular flexibility index (Phi) is 9.99. The van der Waals surface area contributed by atoms with Crippen LogP contribution in [0.4, 0.5) is 0 Å². The minimum absolute atomic E-state index is 0.00728. The molecule has 36 heavy (non-hydrogen) atoms. The lowest BCUT2D eigenvalue weighted by Crippen LogP contribution is -2.45. The third-order valence-electron chi connectivity index (χ3n) is 10.5. The molecule has 0 unspecified atom stereocenters. The molecule has 6 heteroatoms. The predicted octanol–water partition coefficient (Wildman–Crippen LogP) is 5.67. The van der Waals surface area contributed by atoms with Crippen molar-refractivity contribution >= 4 is 8.32 Å². The van der Waals surface area contributed by atoms with Gasteiger partial charge in [0.15, 0.2) is 8.32 Å². The molecule has 10 atom stereocenters. The van der Waals surface area contributed by atoms with Gasteiger partial charge in [-0.25, -0.2) is 0 Å². The molecule has 2 saturated carbocycles. The molecule has 0 aliphatic heterocycles. The summed E-state index contributed by atoms with van der Waals surface area (Å²) in [5.74, 6) is 2.14. The second kappa shape index (κ2) is 11.9. The van der Waals surface area contributed by atoms with Crippen molar-refractivity contribution in [3.8, 4) is 0 Å². The summed E-state index contributed by atoms with van der Waals surface area (Å²) in [7, 11) is -1.82. The van der Waals surface area contributed by atoms with E-state index in [1.54, 1.807) is 6.92 Å². The normalized spacial score (nSPS) is 35.8. The van der Waals surface area contributed by atoms with Gasteiger partial charge in [-0.15, -0.1) is 0 Å². The molecular weight excluding hydrogens is 468 g/mol. The summed E-state index contributed by atoms with van der Waals surface area (Å²) in [5, 5.41) is 42.7. The molecule has 0 bridgehead atoms. The van der Waals surface area contributed by atoms with Crippen molar-refractivity contribution in [2.75, 3.05) is 6.61 Å². The smallest absolute Gasteiger partial charge is 0.192 e. The molecule has 0 aromatic rings. The molecule has 210 valence electrons. The number of hydrogen-bond donors (Lipinski definition) is 4. The number of rotatable bonds is 12. The average Bonchev–Trinajstić information content (AvgIpc) is 3.36. The Hall–Kier alpha value is -0.243. The third kappa shape index (κ3) is 6.66. The number of aliphatic hydroxyl groups is 4. The van der Waals surface area contributed by atoms with Crippen LogP contribution in [0, 0.1) is 35.5 Å². The first kappa shape index (κ1) is 30.3. The molecule has 0 amide bonds. The molecule has 0 saturated heterocycles. The maximum Gasteiger partial charge on any atom is 0.192 e. The quantitative estimate of drug-likeness (QED) is 0.150. The first-order valence-electron chi connectivity index (χ1n) is 14.8. The Labute approximate surface area is 221 Å². The zero-order chi connectivity index (χ0) is 26.9. The maximum atomic E-state index is 11.5. The fourth-order valence-electron chi connectivity index (χ4n) is 7.32. The van der Waals surface area contributed by atoms with E-state index in [0.29, 0.717) is 42.6 Å². The van der Waals surface area contributed by atoms with E-state index in [4.69, 9.17) is 4.43 Å². The molecule has 0 radical (unpaired) electrons. The van der Waals surface area contributed by atoms with E-state index in [9.17, 15) is 20.4 Å². The standard InChI is InChI=1S/C30H56O5Si/c1-8-21(32)11-9-10-15-30(5,34)28(33)27-19-26-23(24(27)14-16-31)13-12-20-17-22(18-25(20)26)35-36(6,7)29(2,3)4/h12-13,20-28,31-34H,8-11,14-19H2,1-7H3/t20-,21+,22-,23+,24+,25-,26-,27-,28+,30+/m1/s1. The first-order chi connectivity index (χ1) is 16.7. The van der Waals surface area contributed by atoms with Crippen molar-refractivity contribution in [3.05, 3.63) is 12.2 Å². The topological polar surface area (TPSA) is 90.2 Å². The SMILES string of the molecule is CC[C@H](O)CCCC[C@](C)(O)[C@@H](O)[C@@H]1C[C@@H]2[C@@H](C=C[C@@H]3C[C@@H](O[Si](C)(C)C(C)(C)C)C[C@@H]23)[C@@H]1CCO. The zero-order valence-electron chi connectivity index (χ0n) is 24.1. The van der Waals surface area contributed by atoms with Gasteiger partial charge >= 0.3 is 0 Å². The number of hydrogen-bond acceptors (Lipinski definition) is 5. The Balaban J connectivity index is 1.68. The summed E-state index contributed by atoms with van der Waals surface area (Å²) in [4.78, 5) is 0. The van der Waals surface area contributed by atoms with Crippen LogP contribution in [-0.2, 0) is 4.43 Å². The van der Waals surface area contributed by atoms with Crippen LogP contribution in [0.3, 0.4) is 0 Å². The lowest BCUT2D eigenvalue weighted by atomic mass is 9.71.